The summed E-state index contributed by atoms with van der Waals surface area (Å²) >= 11 is 0. The van der Waals surface area contributed by atoms with Crippen molar-refractivity contribution in [2.45, 2.75) is 36.6 Å². The first-order valence-electron chi connectivity index (χ1n) is 9.57. The Kier molecular flexibility index (Phi) is 7.35. The third-order valence-corrected chi connectivity index (χ3v) is 5.95. The summed E-state index contributed by atoms with van der Waals surface area (Å²) in [6.45, 7) is 0.889. The molecule has 0 radical (unpaired) electrons. The zero-order chi connectivity index (χ0) is 22.3. The summed E-state index contributed by atoms with van der Waals surface area (Å²) in [4.78, 5) is 15.8. The summed E-state index contributed by atoms with van der Waals surface area (Å²) in [5, 5.41) is 5.08. The van der Waals surface area contributed by atoms with Gasteiger partial charge in [-0.1, -0.05) is 36.4 Å². The van der Waals surface area contributed by atoms with Crippen LogP contribution in [-0.4, -0.2) is 29.8 Å². The smallest absolute Gasteiger partial charge is 0.333 e. The molecule has 0 atom stereocenters. The van der Waals surface area contributed by atoms with Crippen molar-refractivity contribution in [1.82, 2.24) is 14.9 Å². The van der Waals surface area contributed by atoms with Crippen molar-refractivity contribution in [2.24, 2.45) is 0 Å². The second kappa shape index (κ2) is 10.2. The third kappa shape index (κ3) is 6.11. The van der Waals surface area contributed by atoms with E-state index in [9.17, 15) is 22.0 Å². The molecule has 0 aliphatic carbocycles. The van der Waals surface area contributed by atoms with E-state index in [0.29, 0.717) is 5.82 Å². The first kappa shape index (κ1) is 22.4. The summed E-state index contributed by atoms with van der Waals surface area (Å²) in [6.07, 6.45) is 5.31. The van der Waals surface area contributed by atoms with Gasteiger partial charge in [-0.15, -0.1) is 0 Å². The molecule has 0 aliphatic heterocycles. The van der Waals surface area contributed by atoms with Gasteiger partial charge < -0.3 is 15.2 Å². The van der Waals surface area contributed by atoms with Gasteiger partial charge in [-0.3, -0.25) is 0 Å². The number of nitrogens with zero attached hydrogens (tertiary/aromatic N) is 2. The summed E-state index contributed by atoms with van der Waals surface area (Å²) in [7, 11) is -4.74. The SMILES string of the molecule is O=C(NCc1nccn1CCCc1ccccc1)Nc1cccc(S(=O)(=O)C(F)F)c1. The largest absolute Gasteiger partial charge is 0.341 e. The Hall–Kier alpha value is -3.27. The molecule has 31 heavy (non-hydrogen) atoms. The molecule has 0 saturated carbocycles. The van der Waals surface area contributed by atoms with Gasteiger partial charge in [0.05, 0.1) is 11.4 Å². The second-order valence-electron chi connectivity index (χ2n) is 6.77. The Balaban J connectivity index is 1.52. The number of amides is 2. The van der Waals surface area contributed by atoms with Crippen LogP contribution < -0.4 is 10.6 Å². The van der Waals surface area contributed by atoms with Gasteiger partial charge in [0.25, 0.3) is 0 Å². The maximum absolute atomic E-state index is 12.7. The van der Waals surface area contributed by atoms with Crippen LogP contribution in [0.2, 0.25) is 0 Å². The van der Waals surface area contributed by atoms with Gasteiger partial charge in [-0.25, -0.2) is 18.2 Å². The van der Waals surface area contributed by atoms with E-state index in [1.165, 1.54) is 17.7 Å². The van der Waals surface area contributed by atoms with Gasteiger partial charge in [0.15, 0.2) is 0 Å². The number of carbonyl (C=O) groups excluding carboxylic acids is 1. The first-order chi connectivity index (χ1) is 14.9. The number of aromatic nitrogens is 2. The lowest BCUT2D eigenvalue weighted by atomic mass is 10.1. The van der Waals surface area contributed by atoms with E-state index in [1.807, 2.05) is 29.0 Å². The van der Waals surface area contributed by atoms with Gasteiger partial charge in [0.1, 0.15) is 5.82 Å². The van der Waals surface area contributed by atoms with Crippen molar-refractivity contribution in [2.75, 3.05) is 5.32 Å². The highest BCUT2D eigenvalue weighted by molar-refractivity contribution is 7.91. The van der Waals surface area contributed by atoms with Crippen LogP contribution in [0.1, 0.15) is 17.8 Å². The molecule has 2 amide bonds. The molecule has 1 aromatic heterocycles. The Morgan fingerprint density at radius 1 is 1.10 bits per heavy atom. The molecule has 2 N–H and O–H groups in total. The molecular weight excluding hydrogens is 426 g/mol. The molecule has 10 heteroatoms. The van der Waals surface area contributed by atoms with E-state index in [0.717, 1.165) is 31.5 Å². The van der Waals surface area contributed by atoms with Crippen LogP contribution in [0.5, 0.6) is 0 Å². The van der Waals surface area contributed by atoms with Crippen LogP contribution in [0.4, 0.5) is 19.3 Å². The quantitative estimate of drug-likeness (QED) is 0.520. The molecule has 0 saturated heterocycles. The van der Waals surface area contributed by atoms with Crippen LogP contribution >= 0.6 is 0 Å². The molecule has 1 heterocycles. The predicted octanol–water partition coefficient (Wildman–Crippen LogP) is 3.83. The lowest BCUT2D eigenvalue weighted by Gasteiger charge is -2.11. The zero-order valence-electron chi connectivity index (χ0n) is 16.5. The molecule has 0 fully saturated rings. The maximum atomic E-state index is 12.7. The van der Waals surface area contributed by atoms with Crippen LogP contribution in [0.3, 0.4) is 0 Å². The predicted molar refractivity (Wildman–Crippen MR) is 112 cm³/mol. The summed E-state index contributed by atoms with van der Waals surface area (Å²) in [5.41, 5.74) is 1.34. The Morgan fingerprint density at radius 3 is 2.61 bits per heavy atom. The Morgan fingerprint density at radius 2 is 1.87 bits per heavy atom. The van der Waals surface area contributed by atoms with Crippen molar-refractivity contribution in [1.29, 1.82) is 0 Å². The number of alkyl halides is 2. The summed E-state index contributed by atoms with van der Waals surface area (Å²) < 4.78 is 50.5. The third-order valence-electron chi connectivity index (χ3n) is 4.57. The lowest BCUT2D eigenvalue weighted by Crippen LogP contribution is -2.29. The number of sulfone groups is 1. The molecule has 0 spiro atoms. The number of nitrogens with one attached hydrogen (secondary N) is 2. The number of benzene rings is 2. The van der Waals surface area contributed by atoms with E-state index < -0.39 is 26.5 Å². The fourth-order valence-corrected chi connectivity index (χ4v) is 3.76. The van der Waals surface area contributed by atoms with Crippen molar-refractivity contribution in [3.63, 3.8) is 0 Å². The first-order valence-corrected chi connectivity index (χ1v) is 11.1. The topological polar surface area (TPSA) is 93.1 Å². The number of carbonyl (C=O) groups is 1. The Labute approximate surface area is 179 Å². The fourth-order valence-electron chi connectivity index (χ4n) is 3.00. The molecular formula is C21H22F2N4O3S. The molecule has 7 nitrogen and oxygen atoms in total. The minimum Gasteiger partial charge on any atom is -0.333 e. The minimum absolute atomic E-state index is 0.0884. The summed E-state index contributed by atoms with van der Waals surface area (Å²) in [6, 6.07) is 14.2. The van der Waals surface area contributed by atoms with E-state index in [1.54, 1.807) is 6.20 Å². The highest BCUT2D eigenvalue weighted by atomic mass is 32.2. The Bertz CT molecular complexity index is 1120. The number of anilines is 1. The zero-order valence-corrected chi connectivity index (χ0v) is 17.4. The van der Waals surface area contributed by atoms with Crippen LogP contribution in [0.25, 0.3) is 0 Å². The van der Waals surface area contributed by atoms with Crippen LogP contribution in [-0.2, 0) is 29.3 Å². The van der Waals surface area contributed by atoms with Gasteiger partial charge >= 0.3 is 11.8 Å². The average Bonchev–Trinajstić information content (AvgIpc) is 3.20. The van der Waals surface area contributed by atoms with E-state index in [-0.39, 0.29) is 12.2 Å². The molecule has 2 aromatic carbocycles. The normalized spacial score (nSPS) is 11.5. The highest BCUT2D eigenvalue weighted by Gasteiger charge is 2.26. The lowest BCUT2D eigenvalue weighted by molar-refractivity contribution is 0.235. The highest BCUT2D eigenvalue weighted by Crippen LogP contribution is 2.21. The monoisotopic (exact) mass is 448 g/mol. The van der Waals surface area contributed by atoms with Gasteiger partial charge in [-0.2, -0.15) is 8.78 Å². The molecule has 3 rings (SSSR count). The fraction of sp³-hybridized carbons (Fsp3) is 0.238. The molecule has 0 bridgehead atoms. The number of urea groups is 1. The molecule has 0 aliphatic rings. The minimum atomic E-state index is -4.74. The van der Waals surface area contributed by atoms with Crippen LogP contribution in [0, 0.1) is 0 Å². The average molecular weight is 448 g/mol. The van der Waals surface area contributed by atoms with Crippen molar-refractivity contribution in [3.05, 3.63) is 78.4 Å². The van der Waals surface area contributed by atoms with Crippen LogP contribution in [0.15, 0.2) is 71.9 Å². The van der Waals surface area contributed by atoms with E-state index in [4.69, 9.17) is 0 Å². The summed E-state index contributed by atoms with van der Waals surface area (Å²) in [5.74, 6) is -2.87. The van der Waals surface area contributed by atoms with Crippen molar-refractivity contribution in [3.8, 4) is 0 Å². The number of halogens is 2. The van der Waals surface area contributed by atoms with Gasteiger partial charge in [0.2, 0.25) is 9.84 Å². The molecule has 0 unspecified atom stereocenters. The van der Waals surface area contributed by atoms with Gasteiger partial charge in [-0.05, 0) is 36.6 Å². The number of hydrogen-bond donors (Lipinski definition) is 2. The van der Waals surface area contributed by atoms with Gasteiger partial charge in [0, 0.05) is 24.6 Å². The van der Waals surface area contributed by atoms with Crippen molar-refractivity contribution < 1.29 is 22.0 Å². The molecule has 164 valence electrons. The second-order valence-corrected chi connectivity index (χ2v) is 8.68. The van der Waals surface area contributed by atoms with E-state index in [2.05, 4.69) is 27.8 Å². The standard InChI is InChI=1S/C21H22F2N4O3S/c22-20(23)31(29,30)18-10-4-9-17(14-18)26-21(28)25-15-19-24-11-13-27(19)12-5-8-16-6-2-1-3-7-16/h1-4,6-7,9-11,13-14,20H,5,8,12,15H2,(H2,25,26,28). The molecule has 3 aromatic rings. The van der Waals surface area contributed by atoms with Crippen molar-refractivity contribution >= 4 is 21.6 Å². The number of hydrogen-bond acceptors (Lipinski definition) is 4. The maximum Gasteiger partial charge on any atom is 0.341 e. The number of imidazole rings is 1. The van der Waals surface area contributed by atoms with E-state index >= 15 is 0 Å². The number of aryl methyl sites for hydroxylation is 2. The number of rotatable bonds is 9.